The summed E-state index contributed by atoms with van der Waals surface area (Å²) >= 11 is 3.99. The zero-order valence-electron chi connectivity index (χ0n) is 12.5. The molecule has 1 aliphatic heterocycles. The lowest BCUT2D eigenvalue weighted by molar-refractivity contribution is 0.0592. The molecule has 1 nitrogen and oxygen atoms in total. The third-order valence-electron chi connectivity index (χ3n) is 4.53. The van der Waals surface area contributed by atoms with Gasteiger partial charge in [-0.2, -0.15) is 0 Å². The number of hydrogen-bond donors (Lipinski definition) is 1. The molecule has 1 N–H and O–H groups in total. The average molecular weight is 321 g/mol. The van der Waals surface area contributed by atoms with Crippen LogP contribution in [-0.2, 0) is 6.42 Å². The number of rotatable bonds is 4. The summed E-state index contributed by atoms with van der Waals surface area (Å²) in [6.45, 7) is 0. The number of aliphatic hydroxyl groups is 1. The van der Waals surface area contributed by atoms with Crippen LogP contribution in [0.1, 0.15) is 37.7 Å². The predicted molar refractivity (Wildman–Crippen MR) is 95.0 cm³/mol. The third kappa shape index (κ3) is 3.35. The molecular weight excluding hydrogens is 296 g/mol. The Morgan fingerprint density at radius 2 is 1.81 bits per heavy atom. The molecule has 3 heteroatoms. The molecule has 0 bridgehead atoms. The summed E-state index contributed by atoms with van der Waals surface area (Å²) in [6.07, 6.45) is 10.8. The van der Waals surface area contributed by atoms with E-state index in [1.165, 1.54) is 23.5 Å². The van der Waals surface area contributed by atoms with Gasteiger partial charge in [-0.25, -0.2) is 0 Å². The van der Waals surface area contributed by atoms with E-state index in [0.29, 0.717) is 0 Å². The molecule has 0 saturated carbocycles. The highest BCUT2D eigenvalue weighted by molar-refractivity contribution is 8.18. The lowest BCUT2D eigenvalue weighted by atomic mass is 9.85. The maximum absolute atomic E-state index is 11.3. The van der Waals surface area contributed by atoms with Gasteiger partial charge in [-0.3, -0.25) is 0 Å². The minimum absolute atomic E-state index is 0.0575. The SMILES string of the molecule is OC1(C2(CCc3ccccc3)SCCCS2)C=CCCC1. The Balaban J connectivity index is 1.79. The third-order valence-corrected chi connectivity index (χ3v) is 8.27. The van der Waals surface area contributed by atoms with Gasteiger partial charge >= 0.3 is 0 Å². The van der Waals surface area contributed by atoms with Gasteiger partial charge in [0, 0.05) is 0 Å². The van der Waals surface area contributed by atoms with Gasteiger partial charge in [0.2, 0.25) is 0 Å². The second-order valence-corrected chi connectivity index (χ2v) is 9.05. The summed E-state index contributed by atoms with van der Waals surface area (Å²) in [7, 11) is 0. The molecule has 1 heterocycles. The van der Waals surface area contributed by atoms with Crippen molar-refractivity contribution in [2.75, 3.05) is 11.5 Å². The van der Waals surface area contributed by atoms with E-state index in [2.05, 4.69) is 42.5 Å². The van der Waals surface area contributed by atoms with Crippen LogP contribution in [0.4, 0.5) is 0 Å². The standard InChI is InChI=1S/C18H24OS2/c19-17(11-5-2-6-12-17)18(20-14-7-15-21-18)13-10-16-8-3-1-4-9-16/h1,3-5,8-9,11,19H,2,6-7,10,12-15H2. The quantitative estimate of drug-likeness (QED) is 0.815. The maximum atomic E-state index is 11.3. The molecule has 1 fully saturated rings. The minimum Gasteiger partial charge on any atom is -0.383 e. The van der Waals surface area contributed by atoms with Crippen molar-refractivity contribution < 1.29 is 5.11 Å². The van der Waals surface area contributed by atoms with Crippen LogP contribution in [0, 0.1) is 0 Å². The zero-order chi connectivity index (χ0) is 14.6. The summed E-state index contributed by atoms with van der Waals surface area (Å²) in [5.74, 6) is 2.36. The number of aryl methyl sites for hydroxylation is 1. The second kappa shape index (κ2) is 6.80. The molecule has 1 aromatic carbocycles. The van der Waals surface area contributed by atoms with Gasteiger partial charge in [0.15, 0.2) is 0 Å². The van der Waals surface area contributed by atoms with Crippen molar-refractivity contribution in [2.45, 2.75) is 48.2 Å². The van der Waals surface area contributed by atoms with Crippen LogP contribution in [0.2, 0.25) is 0 Å². The van der Waals surface area contributed by atoms with Gasteiger partial charge in [0.25, 0.3) is 0 Å². The first-order chi connectivity index (χ1) is 10.2. The molecule has 0 radical (unpaired) electrons. The van der Waals surface area contributed by atoms with Crippen molar-refractivity contribution >= 4 is 23.5 Å². The molecule has 1 aliphatic carbocycles. The first-order valence-electron chi connectivity index (χ1n) is 7.96. The maximum Gasteiger partial charge on any atom is 0.106 e. The van der Waals surface area contributed by atoms with Crippen LogP contribution in [0.15, 0.2) is 42.5 Å². The van der Waals surface area contributed by atoms with E-state index >= 15 is 0 Å². The lowest BCUT2D eigenvalue weighted by Gasteiger charge is -2.48. The van der Waals surface area contributed by atoms with E-state index in [-0.39, 0.29) is 4.08 Å². The van der Waals surface area contributed by atoms with Gasteiger partial charge in [-0.05, 0) is 55.6 Å². The fourth-order valence-electron chi connectivity index (χ4n) is 3.31. The molecule has 0 amide bonds. The number of hydrogen-bond acceptors (Lipinski definition) is 3. The van der Waals surface area contributed by atoms with Crippen molar-refractivity contribution in [3.05, 3.63) is 48.0 Å². The highest BCUT2D eigenvalue weighted by atomic mass is 32.2. The van der Waals surface area contributed by atoms with Crippen LogP contribution in [0.25, 0.3) is 0 Å². The Labute approximate surface area is 136 Å². The first-order valence-corrected chi connectivity index (χ1v) is 9.93. The van der Waals surface area contributed by atoms with Crippen LogP contribution in [-0.4, -0.2) is 26.3 Å². The van der Waals surface area contributed by atoms with Gasteiger partial charge in [0.1, 0.15) is 5.60 Å². The molecule has 1 aromatic rings. The predicted octanol–water partition coefficient (Wildman–Crippen LogP) is 4.66. The van der Waals surface area contributed by atoms with Gasteiger partial charge in [-0.15, -0.1) is 23.5 Å². The zero-order valence-corrected chi connectivity index (χ0v) is 14.1. The summed E-state index contributed by atoms with van der Waals surface area (Å²) in [5.41, 5.74) is 0.752. The van der Waals surface area contributed by atoms with E-state index in [4.69, 9.17) is 0 Å². The van der Waals surface area contributed by atoms with E-state index < -0.39 is 5.60 Å². The van der Waals surface area contributed by atoms with E-state index in [0.717, 1.165) is 32.1 Å². The Hall–Kier alpha value is -0.380. The van der Waals surface area contributed by atoms with E-state index in [1.807, 2.05) is 23.5 Å². The summed E-state index contributed by atoms with van der Waals surface area (Å²) < 4.78 is -0.0575. The van der Waals surface area contributed by atoms with Crippen LogP contribution in [0.5, 0.6) is 0 Å². The largest absolute Gasteiger partial charge is 0.383 e. The molecule has 21 heavy (non-hydrogen) atoms. The van der Waals surface area contributed by atoms with Gasteiger partial charge in [0.05, 0.1) is 4.08 Å². The highest BCUT2D eigenvalue weighted by Crippen LogP contribution is 2.55. The summed E-state index contributed by atoms with van der Waals surface area (Å²) in [4.78, 5) is 0. The Morgan fingerprint density at radius 3 is 2.48 bits per heavy atom. The monoisotopic (exact) mass is 320 g/mol. The van der Waals surface area contributed by atoms with Crippen molar-refractivity contribution in [3.63, 3.8) is 0 Å². The molecular formula is C18H24OS2. The summed E-state index contributed by atoms with van der Waals surface area (Å²) in [5, 5.41) is 11.3. The molecule has 114 valence electrons. The molecule has 0 spiro atoms. The molecule has 0 aromatic heterocycles. The first kappa shape index (κ1) is 15.5. The van der Waals surface area contributed by atoms with E-state index in [1.54, 1.807) is 0 Å². The molecule has 2 aliphatic rings. The van der Waals surface area contributed by atoms with Gasteiger partial charge < -0.3 is 5.11 Å². The Morgan fingerprint density at radius 1 is 1.05 bits per heavy atom. The fourth-order valence-corrected chi connectivity index (χ4v) is 6.89. The van der Waals surface area contributed by atoms with E-state index in [9.17, 15) is 5.11 Å². The average Bonchev–Trinajstić information content (AvgIpc) is 2.55. The van der Waals surface area contributed by atoms with Crippen LogP contribution in [0.3, 0.4) is 0 Å². The number of benzene rings is 1. The second-order valence-electron chi connectivity index (χ2n) is 6.01. The molecule has 1 saturated heterocycles. The number of allylic oxidation sites excluding steroid dienone is 1. The molecule has 1 atom stereocenters. The van der Waals surface area contributed by atoms with Crippen molar-refractivity contribution in [2.24, 2.45) is 0 Å². The lowest BCUT2D eigenvalue weighted by Crippen LogP contribution is -2.50. The summed E-state index contributed by atoms with van der Waals surface area (Å²) in [6, 6.07) is 10.7. The van der Waals surface area contributed by atoms with Crippen molar-refractivity contribution in [1.82, 2.24) is 0 Å². The van der Waals surface area contributed by atoms with Crippen molar-refractivity contribution in [3.8, 4) is 0 Å². The Kier molecular flexibility index (Phi) is 5.03. The molecule has 1 unspecified atom stereocenters. The smallest absolute Gasteiger partial charge is 0.106 e. The highest BCUT2D eigenvalue weighted by Gasteiger charge is 2.50. The Bertz CT molecular complexity index is 479. The van der Waals surface area contributed by atoms with Crippen LogP contribution < -0.4 is 0 Å². The molecule has 3 rings (SSSR count). The minimum atomic E-state index is -0.629. The van der Waals surface area contributed by atoms with Crippen molar-refractivity contribution in [1.29, 1.82) is 0 Å². The topological polar surface area (TPSA) is 20.2 Å². The van der Waals surface area contributed by atoms with Crippen LogP contribution >= 0.6 is 23.5 Å². The normalized spacial score (nSPS) is 28.4. The number of thioether (sulfide) groups is 2. The van der Waals surface area contributed by atoms with Gasteiger partial charge in [-0.1, -0.05) is 42.5 Å². The fraction of sp³-hybridized carbons (Fsp3) is 0.556.